The molecule has 1 aromatic carbocycles. The van der Waals surface area contributed by atoms with Gasteiger partial charge in [-0.15, -0.1) is 0 Å². The number of carbonyl (C=O) groups excluding carboxylic acids is 1. The maximum atomic E-state index is 12.7. The van der Waals surface area contributed by atoms with Crippen LogP contribution in [0.2, 0.25) is 0 Å². The molecular weight excluding hydrogens is 462 g/mol. The number of para-hydroxylation sites is 1. The lowest BCUT2D eigenvalue weighted by Crippen LogP contribution is -2.32. The van der Waals surface area contributed by atoms with Gasteiger partial charge >= 0.3 is 6.03 Å². The standard InChI is InChI=1S/C26H39N5O5/c1-6-34-14-12-18(3)36-15-13-27-25(32)30-24-22-23(19-10-8-9-11-20(19)28-24)31(17-26(4,5)33)21(29-22)16-35-7-2/h8-11,18,33H,6-7,12-17H2,1-5H3,(H2,27,28,30,32). The Morgan fingerprint density at radius 2 is 1.89 bits per heavy atom. The molecule has 0 bridgehead atoms. The Bertz CT molecular complexity index is 1140. The Morgan fingerprint density at radius 1 is 1.14 bits per heavy atom. The lowest BCUT2D eigenvalue weighted by Gasteiger charge is -2.20. The number of urea groups is 1. The lowest BCUT2D eigenvalue weighted by molar-refractivity contribution is 0.0362. The summed E-state index contributed by atoms with van der Waals surface area (Å²) in [4.78, 5) is 22.2. The smallest absolute Gasteiger partial charge is 0.320 e. The molecule has 3 rings (SSSR count). The first kappa shape index (κ1) is 27.8. The van der Waals surface area contributed by atoms with Crippen molar-refractivity contribution >= 4 is 33.8 Å². The van der Waals surface area contributed by atoms with Gasteiger partial charge in [0.15, 0.2) is 5.82 Å². The van der Waals surface area contributed by atoms with E-state index >= 15 is 0 Å². The Hall–Kier alpha value is -2.79. The number of anilines is 1. The maximum Gasteiger partial charge on any atom is 0.320 e. The summed E-state index contributed by atoms with van der Waals surface area (Å²) < 4.78 is 18.7. The molecule has 10 heteroatoms. The maximum absolute atomic E-state index is 12.7. The zero-order valence-corrected chi connectivity index (χ0v) is 22.0. The van der Waals surface area contributed by atoms with Crippen LogP contribution in [0.1, 0.15) is 46.9 Å². The number of hydrogen-bond donors (Lipinski definition) is 3. The average molecular weight is 502 g/mol. The molecule has 36 heavy (non-hydrogen) atoms. The summed E-state index contributed by atoms with van der Waals surface area (Å²) in [6, 6.07) is 7.28. The van der Waals surface area contributed by atoms with Gasteiger partial charge in [-0.1, -0.05) is 18.2 Å². The summed E-state index contributed by atoms with van der Waals surface area (Å²) >= 11 is 0. The molecule has 10 nitrogen and oxygen atoms in total. The van der Waals surface area contributed by atoms with Gasteiger partial charge in [0.05, 0.1) is 35.9 Å². The summed E-state index contributed by atoms with van der Waals surface area (Å²) in [5.41, 5.74) is 1.07. The van der Waals surface area contributed by atoms with E-state index in [4.69, 9.17) is 19.2 Å². The monoisotopic (exact) mass is 501 g/mol. The number of carbonyl (C=O) groups is 1. The van der Waals surface area contributed by atoms with Crippen LogP contribution in [0.4, 0.5) is 10.6 Å². The van der Waals surface area contributed by atoms with Crippen molar-refractivity contribution in [2.45, 2.75) is 65.9 Å². The molecule has 0 aliphatic rings. The normalized spacial score (nSPS) is 12.8. The molecule has 3 aromatic rings. The SMILES string of the molecule is CCOCCC(C)OCCNC(=O)Nc1nc2ccccc2c2c1nc(COCC)n2CC(C)(C)O. The van der Waals surface area contributed by atoms with Gasteiger partial charge in [-0.2, -0.15) is 0 Å². The van der Waals surface area contributed by atoms with E-state index in [1.54, 1.807) is 13.8 Å². The number of ether oxygens (including phenoxy) is 3. The molecule has 3 N–H and O–H groups in total. The molecule has 1 atom stereocenters. The number of amides is 2. The van der Waals surface area contributed by atoms with Crippen LogP contribution in [0.3, 0.4) is 0 Å². The molecule has 0 radical (unpaired) electrons. The van der Waals surface area contributed by atoms with Crippen LogP contribution in [0.5, 0.6) is 0 Å². The van der Waals surface area contributed by atoms with Crippen LogP contribution in [0, 0.1) is 0 Å². The molecule has 0 saturated heterocycles. The van der Waals surface area contributed by atoms with Crippen LogP contribution in [0.25, 0.3) is 21.9 Å². The second kappa shape index (κ2) is 13.0. The largest absolute Gasteiger partial charge is 0.389 e. The molecule has 2 aromatic heterocycles. The molecule has 0 aliphatic carbocycles. The molecule has 2 amide bonds. The van der Waals surface area contributed by atoms with Gasteiger partial charge in [-0.25, -0.2) is 14.8 Å². The highest BCUT2D eigenvalue weighted by Gasteiger charge is 2.23. The zero-order valence-electron chi connectivity index (χ0n) is 22.0. The topological polar surface area (TPSA) is 120 Å². The molecular formula is C26H39N5O5. The van der Waals surface area contributed by atoms with E-state index in [-0.39, 0.29) is 12.7 Å². The first-order chi connectivity index (χ1) is 17.2. The van der Waals surface area contributed by atoms with E-state index in [1.807, 2.05) is 49.6 Å². The van der Waals surface area contributed by atoms with Crippen molar-refractivity contribution in [2.75, 3.05) is 38.3 Å². The quantitative estimate of drug-likeness (QED) is 0.287. The van der Waals surface area contributed by atoms with Crippen LogP contribution < -0.4 is 10.6 Å². The number of nitrogens with zero attached hydrogens (tertiary/aromatic N) is 3. The summed E-state index contributed by atoms with van der Waals surface area (Å²) in [6.07, 6.45) is 0.850. The van der Waals surface area contributed by atoms with Crippen molar-refractivity contribution in [1.82, 2.24) is 19.9 Å². The number of aliphatic hydroxyl groups is 1. The number of fused-ring (bicyclic) bond motifs is 3. The Labute approximate surface area is 212 Å². The van der Waals surface area contributed by atoms with Crippen LogP contribution in [-0.4, -0.2) is 70.4 Å². The highest BCUT2D eigenvalue weighted by molar-refractivity contribution is 6.09. The highest BCUT2D eigenvalue weighted by Crippen LogP contribution is 2.31. The number of rotatable bonds is 14. The van der Waals surface area contributed by atoms with Gasteiger partial charge in [-0.3, -0.25) is 5.32 Å². The minimum Gasteiger partial charge on any atom is -0.389 e. The van der Waals surface area contributed by atoms with Crippen molar-refractivity contribution in [3.63, 3.8) is 0 Å². The van der Waals surface area contributed by atoms with Crippen LogP contribution in [0.15, 0.2) is 24.3 Å². The summed E-state index contributed by atoms with van der Waals surface area (Å²) in [7, 11) is 0. The lowest BCUT2D eigenvalue weighted by atomic mass is 10.1. The van der Waals surface area contributed by atoms with Crippen molar-refractivity contribution in [2.24, 2.45) is 0 Å². The Balaban J connectivity index is 1.82. The van der Waals surface area contributed by atoms with Gasteiger partial charge < -0.3 is 29.2 Å². The third-order valence-corrected chi connectivity index (χ3v) is 5.54. The molecule has 0 saturated carbocycles. The van der Waals surface area contributed by atoms with E-state index < -0.39 is 11.6 Å². The number of benzene rings is 1. The van der Waals surface area contributed by atoms with Gasteiger partial charge in [0, 0.05) is 31.8 Å². The van der Waals surface area contributed by atoms with Gasteiger partial charge in [-0.05, 0) is 47.1 Å². The predicted molar refractivity (Wildman–Crippen MR) is 140 cm³/mol. The Kier molecular flexibility index (Phi) is 10.0. The van der Waals surface area contributed by atoms with Gasteiger partial charge in [0.1, 0.15) is 17.9 Å². The second-order valence-corrected chi connectivity index (χ2v) is 9.29. The summed E-state index contributed by atoms with van der Waals surface area (Å²) in [6.45, 7) is 12.6. The molecule has 1 unspecified atom stereocenters. The minimum atomic E-state index is -0.982. The first-order valence-corrected chi connectivity index (χ1v) is 12.6. The van der Waals surface area contributed by atoms with Crippen molar-refractivity contribution < 1.29 is 24.1 Å². The fourth-order valence-corrected chi connectivity index (χ4v) is 3.88. The predicted octanol–water partition coefficient (Wildman–Crippen LogP) is 3.85. The molecule has 2 heterocycles. The highest BCUT2D eigenvalue weighted by atomic mass is 16.5. The van der Waals surface area contributed by atoms with Crippen LogP contribution >= 0.6 is 0 Å². The number of hydrogen-bond acceptors (Lipinski definition) is 7. The molecule has 0 spiro atoms. The molecule has 198 valence electrons. The van der Waals surface area contributed by atoms with Crippen LogP contribution in [-0.2, 0) is 27.4 Å². The first-order valence-electron chi connectivity index (χ1n) is 12.6. The van der Waals surface area contributed by atoms with Crippen molar-refractivity contribution in [1.29, 1.82) is 0 Å². The summed E-state index contributed by atoms with van der Waals surface area (Å²) in [5.74, 6) is 1.00. The van der Waals surface area contributed by atoms with Gasteiger partial charge in [0.2, 0.25) is 0 Å². The van der Waals surface area contributed by atoms with E-state index in [0.717, 1.165) is 17.3 Å². The Morgan fingerprint density at radius 3 is 2.61 bits per heavy atom. The van der Waals surface area contributed by atoms with E-state index in [9.17, 15) is 9.90 Å². The number of aromatic nitrogens is 3. The summed E-state index contributed by atoms with van der Waals surface area (Å²) in [5, 5.41) is 17.1. The van der Waals surface area contributed by atoms with Crippen molar-refractivity contribution in [3.8, 4) is 0 Å². The minimum absolute atomic E-state index is 0.0479. The number of imidazole rings is 1. The number of pyridine rings is 1. The fourth-order valence-electron chi connectivity index (χ4n) is 3.88. The zero-order chi connectivity index (χ0) is 26.1. The van der Waals surface area contributed by atoms with E-state index in [0.29, 0.717) is 62.2 Å². The third-order valence-electron chi connectivity index (χ3n) is 5.54. The second-order valence-electron chi connectivity index (χ2n) is 9.29. The fraction of sp³-hybridized carbons (Fsp3) is 0.577. The van der Waals surface area contributed by atoms with Gasteiger partial charge in [0.25, 0.3) is 0 Å². The van der Waals surface area contributed by atoms with E-state index in [1.165, 1.54) is 0 Å². The average Bonchev–Trinajstić information content (AvgIpc) is 3.18. The third kappa shape index (κ3) is 7.60. The van der Waals surface area contributed by atoms with E-state index in [2.05, 4.69) is 15.6 Å². The van der Waals surface area contributed by atoms with Crippen molar-refractivity contribution in [3.05, 3.63) is 30.1 Å². The molecule has 0 fully saturated rings. The number of nitrogens with one attached hydrogen (secondary N) is 2. The molecule has 0 aliphatic heterocycles.